The molecule has 0 fully saturated rings. The Hall–Kier alpha value is -3.98. The Bertz CT molecular complexity index is 1490. The number of anilines is 1. The lowest BCUT2D eigenvalue weighted by atomic mass is 9.99. The molecular weight excluding hydrogens is 518 g/mol. The maximum Gasteiger partial charge on any atom is 0.240 e. The minimum Gasteiger partial charge on any atom is -0.354 e. The van der Waals surface area contributed by atoms with E-state index in [4.69, 9.17) is 5.10 Å². The van der Waals surface area contributed by atoms with Gasteiger partial charge in [0.2, 0.25) is 11.8 Å². The molecule has 2 heterocycles. The SMILES string of the molecule is CC(C)CNC(=O)CN1C(=O)CSC(c2ccccc2F)c2c(-c3ccccc3)nn(-c3ccc(F)cc3)c21. The topological polar surface area (TPSA) is 67.2 Å². The molecule has 0 spiro atoms. The number of fused-ring (bicyclic) bond motifs is 1. The van der Waals surface area contributed by atoms with Gasteiger partial charge in [-0.25, -0.2) is 13.5 Å². The van der Waals surface area contributed by atoms with Crippen molar-refractivity contribution in [3.8, 4) is 16.9 Å². The minimum absolute atomic E-state index is 0.0305. The molecule has 0 saturated heterocycles. The third-order valence-corrected chi connectivity index (χ3v) is 7.64. The van der Waals surface area contributed by atoms with Gasteiger partial charge in [-0.3, -0.25) is 14.5 Å². The van der Waals surface area contributed by atoms with Gasteiger partial charge in [0.15, 0.2) is 0 Å². The summed E-state index contributed by atoms with van der Waals surface area (Å²) in [5.74, 6) is -0.801. The summed E-state index contributed by atoms with van der Waals surface area (Å²) >= 11 is 1.29. The van der Waals surface area contributed by atoms with Gasteiger partial charge in [-0.05, 0) is 36.2 Å². The third-order valence-electron chi connectivity index (χ3n) is 6.40. The van der Waals surface area contributed by atoms with Crippen molar-refractivity contribution < 1.29 is 18.4 Å². The van der Waals surface area contributed by atoms with Crippen LogP contribution < -0.4 is 10.2 Å². The third kappa shape index (κ3) is 5.59. The number of hydrogen-bond acceptors (Lipinski definition) is 4. The molecule has 200 valence electrons. The van der Waals surface area contributed by atoms with Crippen LogP contribution in [0.5, 0.6) is 0 Å². The normalized spacial score (nSPS) is 15.3. The maximum atomic E-state index is 15.2. The summed E-state index contributed by atoms with van der Waals surface area (Å²) < 4.78 is 30.7. The summed E-state index contributed by atoms with van der Waals surface area (Å²) in [7, 11) is 0. The Morgan fingerprint density at radius 3 is 2.41 bits per heavy atom. The van der Waals surface area contributed by atoms with E-state index in [2.05, 4.69) is 5.32 Å². The van der Waals surface area contributed by atoms with Gasteiger partial charge in [-0.15, -0.1) is 11.8 Å². The molecule has 2 amide bonds. The minimum atomic E-state index is -0.585. The van der Waals surface area contributed by atoms with E-state index in [1.54, 1.807) is 35.0 Å². The van der Waals surface area contributed by atoms with Crippen molar-refractivity contribution >= 4 is 29.4 Å². The van der Waals surface area contributed by atoms with Crippen molar-refractivity contribution in [3.63, 3.8) is 0 Å². The number of halogens is 2. The molecule has 0 bridgehead atoms. The van der Waals surface area contributed by atoms with Crippen LogP contribution >= 0.6 is 11.8 Å². The highest BCUT2D eigenvalue weighted by Crippen LogP contribution is 2.49. The van der Waals surface area contributed by atoms with Crippen LogP contribution in [0.4, 0.5) is 14.6 Å². The van der Waals surface area contributed by atoms with Crippen molar-refractivity contribution in [2.45, 2.75) is 19.1 Å². The second-order valence-electron chi connectivity index (χ2n) is 9.73. The van der Waals surface area contributed by atoms with E-state index in [0.717, 1.165) is 5.56 Å². The van der Waals surface area contributed by atoms with Crippen molar-refractivity contribution in [2.75, 3.05) is 23.7 Å². The molecular formula is C30H28F2N4O2S. The number of carbonyl (C=O) groups excluding carboxylic acids is 2. The Labute approximate surface area is 230 Å². The fourth-order valence-corrected chi connectivity index (χ4v) is 5.76. The predicted octanol–water partition coefficient (Wildman–Crippen LogP) is 5.76. The van der Waals surface area contributed by atoms with Crippen LogP contribution in [-0.2, 0) is 9.59 Å². The van der Waals surface area contributed by atoms with Crippen molar-refractivity contribution in [1.82, 2.24) is 15.1 Å². The average molecular weight is 547 g/mol. The first kappa shape index (κ1) is 26.6. The van der Waals surface area contributed by atoms with E-state index in [1.165, 1.54) is 34.9 Å². The van der Waals surface area contributed by atoms with Gasteiger partial charge in [0, 0.05) is 23.2 Å². The second kappa shape index (κ2) is 11.4. The van der Waals surface area contributed by atoms with Crippen LogP contribution in [0.2, 0.25) is 0 Å². The maximum absolute atomic E-state index is 15.2. The van der Waals surface area contributed by atoms with Crippen LogP contribution in [0.15, 0.2) is 78.9 Å². The monoisotopic (exact) mass is 546 g/mol. The van der Waals surface area contributed by atoms with Gasteiger partial charge in [0.05, 0.1) is 22.4 Å². The first-order valence-electron chi connectivity index (χ1n) is 12.7. The van der Waals surface area contributed by atoms with Crippen LogP contribution in [-0.4, -0.2) is 40.4 Å². The zero-order valence-corrected chi connectivity index (χ0v) is 22.4. The second-order valence-corrected chi connectivity index (χ2v) is 10.8. The molecule has 1 aliphatic rings. The number of thioether (sulfide) groups is 1. The molecule has 5 rings (SSSR count). The van der Waals surface area contributed by atoms with Gasteiger partial charge >= 0.3 is 0 Å². The van der Waals surface area contributed by atoms with Gasteiger partial charge < -0.3 is 5.32 Å². The van der Waals surface area contributed by atoms with Crippen LogP contribution in [0.1, 0.15) is 30.2 Å². The number of hydrogen-bond donors (Lipinski definition) is 1. The average Bonchev–Trinajstić information content (AvgIpc) is 3.26. The van der Waals surface area contributed by atoms with E-state index >= 15 is 4.39 Å². The predicted molar refractivity (Wildman–Crippen MR) is 150 cm³/mol. The first-order chi connectivity index (χ1) is 18.8. The summed E-state index contributed by atoms with van der Waals surface area (Å²) in [5.41, 5.74) is 2.86. The van der Waals surface area contributed by atoms with Crippen molar-refractivity contribution in [1.29, 1.82) is 0 Å². The lowest BCUT2D eigenvalue weighted by Crippen LogP contribution is -2.43. The quantitative estimate of drug-likeness (QED) is 0.320. The summed E-state index contributed by atoms with van der Waals surface area (Å²) in [6.45, 7) is 4.21. The molecule has 3 aromatic carbocycles. The Balaban J connectivity index is 1.77. The fourth-order valence-electron chi connectivity index (χ4n) is 4.54. The van der Waals surface area contributed by atoms with E-state index < -0.39 is 16.9 Å². The van der Waals surface area contributed by atoms with Crippen LogP contribution in [0.3, 0.4) is 0 Å². The molecule has 39 heavy (non-hydrogen) atoms. The highest BCUT2D eigenvalue weighted by molar-refractivity contribution is 8.00. The first-order valence-corrected chi connectivity index (χ1v) is 13.8. The van der Waals surface area contributed by atoms with Crippen LogP contribution in [0.25, 0.3) is 16.9 Å². The Kier molecular flexibility index (Phi) is 7.79. The van der Waals surface area contributed by atoms with E-state index in [1.807, 2.05) is 44.2 Å². The zero-order valence-electron chi connectivity index (χ0n) is 21.6. The fraction of sp³-hybridized carbons (Fsp3) is 0.233. The number of carbonyl (C=O) groups is 2. The van der Waals surface area contributed by atoms with Gasteiger partial charge in [0.1, 0.15) is 24.0 Å². The van der Waals surface area contributed by atoms with Gasteiger partial charge in [-0.1, -0.05) is 62.4 Å². The lowest BCUT2D eigenvalue weighted by Gasteiger charge is -2.23. The molecule has 0 aliphatic carbocycles. The molecule has 4 aromatic rings. The van der Waals surface area contributed by atoms with Crippen molar-refractivity contribution in [3.05, 3.63) is 102 Å². The number of rotatable bonds is 7. The molecule has 1 aliphatic heterocycles. The summed E-state index contributed by atoms with van der Waals surface area (Å²) in [6, 6.07) is 21.7. The molecule has 1 N–H and O–H groups in total. The molecule has 0 radical (unpaired) electrons. The smallest absolute Gasteiger partial charge is 0.240 e. The molecule has 1 atom stereocenters. The van der Waals surface area contributed by atoms with E-state index in [9.17, 15) is 14.0 Å². The largest absolute Gasteiger partial charge is 0.354 e. The van der Waals surface area contributed by atoms with E-state index in [0.29, 0.717) is 34.9 Å². The number of nitrogens with one attached hydrogen (secondary N) is 1. The standard InChI is InChI=1S/C30H28F2N4O2S/c1-19(2)16-33-25(37)17-35-26(38)18-39-29(23-10-6-7-11-24(23)32)27-28(20-8-4-3-5-9-20)34-36(30(27)35)22-14-12-21(31)13-15-22/h3-15,19,29H,16-18H2,1-2H3,(H,33,37). The van der Waals surface area contributed by atoms with Crippen molar-refractivity contribution in [2.24, 2.45) is 5.92 Å². The molecule has 1 aromatic heterocycles. The molecule has 0 saturated carbocycles. The highest BCUT2D eigenvalue weighted by atomic mass is 32.2. The zero-order chi connectivity index (χ0) is 27.5. The highest BCUT2D eigenvalue weighted by Gasteiger charge is 2.38. The van der Waals surface area contributed by atoms with E-state index in [-0.39, 0.29) is 30.0 Å². The Morgan fingerprint density at radius 2 is 1.72 bits per heavy atom. The number of amides is 2. The van der Waals surface area contributed by atoms with Crippen LogP contribution in [0, 0.1) is 17.6 Å². The Morgan fingerprint density at radius 1 is 1.03 bits per heavy atom. The summed E-state index contributed by atoms with van der Waals surface area (Å²) in [5, 5.41) is 7.20. The van der Waals surface area contributed by atoms with Gasteiger partial charge in [-0.2, -0.15) is 5.10 Å². The number of benzene rings is 3. The summed E-state index contributed by atoms with van der Waals surface area (Å²) in [4.78, 5) is 28.1. The molecule has 9 heteroatoms. The molecule has 1 unspecified atom stereocenters. The molecule has 6 nitrogen and oxygen atoms in total. The van der Waals surface area contributed by atoms with Gasteiger partial charge in [0.25, 0.3) is 0 Å². The number of aromatic nitrogens is 2. The lowest BCUT2D eigenvalue weighted by molar-refractivity contribution is -0.123. The summed E-state index contributed by atoms with van der Waals surface area (Å²) in [6.07, 6.45) is 0. The number of nitrogens with zero attached hydrogens (tertiary/aromatic N) is 3.